The van der Waals surface area contributed by atoms with Crippen molar-refractivity contribution < 1.29 is 9.59 Å². The van der Waals surface area contributed by atoms with Crippen LogP contribution in [-0.4, -0.2) is 43.0 Å². The summed E-state index contributed by atoms with van der Waals surface area (Å²) in [5.41, 5.74) is 7.34. The molecule has 0 bridgehead atoms. The Balaban J connectivity index is 1.67. The third kappa shape index (κ3) is 4.31. The molecule has 2 fully saturated rings. The molecule has 2 aliphatic heterocycles. The highest BCUT2D eigenvalue weighted by molar-refractivity contribution is 5.79. The van der Waals surface area contributed by atoms with Gasteiger partial charge in [0.05, 0.1) is 12.5 Å². The number of hydrogen-bond donors (Lipinski definition) is 3. The number of nitrogens with one attached hydrogen (secondary N) is 2. The first kappa shape index (κ1) is 17.7. The normalized spacial score (nSPS) is 24.3. The molecule has 4 N–H and O–H groups in total. The van der Waals surface area contributed by atoms with E-state index in [1.807, 2.05) is 36.1 Å². The summed E-state index contributed by atoms with van der Waals surface area (Å²) >= 11 is 0. The Kier molecular flexibility index (Phi) is 5.58. The highest BCUT2D eigenvalue weighted by Gasteiger charge is 2.32. The van der Waals surface area contributed by atoms with Crippen molar-refractivity contribution in [3.8, 4) is 0 Å². The Morgan fingerprint density at radius 3 is 2.48 bits per heavy atom. The molecule has 0 spiro atoms. The standard InChI is InChI=1S/C19H28N4O2/c1-13-4-2-3-5-16(13)17(22-19(20)25)10-18(24)23-8-6-14-11-21-12-15(14)7-9-23/h2-5,14-15,17,21H,6-12H2,1H3,(H3,20,22,25)/t14-,15+,17?. The zero-order valence-corrected chi connectivity index (χ0v) is 14.8. The molecule has 3 amide bonds. The molecule has 2 heterocycles. The van der Waals surface area contributed by atoms with E-state index in [-0.39, 0.29) is 18.4 Å². The van der Waals surface area contributed by atoms with Crippen molar-refractivity contribution in [3.05, 3.63) is 35.4 Å². The average Bonchev–Trinajstić information content (AvgIpc) is 2.92. The van der Waals surface area contributed by atoms with Crippen LogP contribution >= 0.6 is 0 Å². The number of primary amides is 1. The van der Waals surface area contributed by atoms with Crippen molar-refractivity contribution >= 4 is 11.9 Å². The first-order valence-corrected chi connectivity index (χ1v) is 9.14. The van der Waals surface area contributed by atoms with Crippen molar-refractivity contribution in [3.63, 3.8) is 0 Å². The molecular formula is C19H28N4O2. The van der Waals surface area contributed by atoms with Gasteiger partial charge < -0.3 is 21.3 Å². The van der Waals surface area contributed by atoms with Gasteiger partial charge in [0.2, 0.25) is 5.91 Å². The molecule has 1 aromatic rings. The SMILES string of the molecule is Cc1ccccc1C(CC(=O)N1CC[C@@H]2CNC[C@@H]2CC1)NC(N)=O. The lowest BCUT2D eigenvalue weighted by molar-refractivity contribution is -0.131. The summed E-state index contributed by atoms with van der Waals surface area (Å²) in [6, 6.07) is 6.82. The van der Waals surface area contributed by atoms with Gasteiger partial charge in [0.25, 0.3) is 0 Å². The quantitative estimate of drug-likeness (QED) is 0.774. The van der Waals surface area contributed by atoms with Gasteiger partial charge >= 0.3 is 6.03 Å². The highest BCUT2D eigenvalue weighted by atomic mass is 16.2. The van der Waals surface area contributed by atoms with E-state index in [1.54, 1.807) is 0 Å². The zero-order chi connectivity index (χ0) is 17.8. The minimum atomic E-state index is -0.600. The first-order chi connectivity index (χ1) is 12.0. The summed E-state index contributed by atoms with van der Waals surface area (Å²) in [5.74, 6) is 1.47. The lowest BCUT2D eigenvalue weighted by Crippen LogP contribution is -2.39. The van der Waals surface area contributed by atoms with Gasteiger partial charge in [0, 0.05) is 13.1 Å². The molecule has 2 saturated heterocycles. The van der Waals surface area contributed by atoms with E-state index in [1.165, 1.54) is 0 Å². The third-order valence-electron chi connectivity index (χ3n) is 5.63. The topological polar surface area (TPSA) is 87.5 Å². The van der Waals surface area contributed by atoms with Gasteiger partial charge in [-0.3, -0.25) is 4.79 Å². The van der Waals surface area contributed by atoms with Crippen LogP contribution < -0.4 is 16.4 Å². The summed E-state index contributed by atoms with van der Waals surface area (Å²) < 4.78 is 0. The summed E-state index contributed by atoms with van der Waals surface area (Å²) in [7, 11) is 0. The van der Waals surface area contributed by atoms with Gasteiger partial charge in [-0.2, -0.15) is 0 Å². The lowest BCUT2D eigenvalue weighted by atomic mass is 9.92. The molecule has 0 radical (unpaired) electrons. The maximum absolute atomic E-state index is 12.9. The molecule has 1 unspecified atom stereocenters. The number of aryl methyl sites for hydroxylation is 1. The fourth-order valence-electron chi connectivity index (χ4n) is 4.16. The molecule has 0 aromatic heterocycles. The summed E-state index contributed by atoms with van der Waals surface area (Å²) in [6.45, 7) is 5.73. The van der Waals surface area contributed by atoms with Gasteiger partial charge in [-0.05, 0) is 55.8 Å². The number of nitrogens with zero attached hydrogens (tertiary/aromatic N) is 1. The Bertz CT molecular complexity index is 620. The predicted octanol–water partition coefficient (Wildman–Crippen LogP) is 1.55. The fraction of sp³-hybridized carbons (Fsp3) is 0.579. The molecule has 6 heteroatoms. The van der Waals surface area contributed by atoms with Gasteiger partial charge in [0.15, 0.2) is 0 Å². The van der Waals surface area contributed by atoms with Crippen molar-refractivity contribution in [1.82, 2.24) is 15.5 Å². The van der Waals surface area contributed by atoms with Crippen molar-refractivity contribution in [2.45, 2.75) is 32.2 Å². The second kappa shape index (κ2) is 7.87. The fourth-order valence-corrected chi connectivity index (χ4v) is 4.16. The summed E-state index contributed by atoms with van der Waals surface area (Å²) in [4.78, 5) is 26.2. The average molecular weight is 344 g/mol. The van der Waals surface area contributed by atoms with Crippen LogP contribution in [0.15, 0.2) is 24.3 Å². The Morgan fingerprint density at radius 1 is 1.24 bits per heavy atom. The van der Waals surface area contributed by atoms with Crippen LogP contribution in [0.25, 0.3) is 0 Å². The van der Waals surface area contributed by atoms with Crippen LogP contribution in [0.4, 0.5) is 4.79 Å². The minimum Gasteiger partial charge on any atom is -0.352 e. The molecular weight excluding hydrogens is 316 g/mol. The van der Waals surface area contributed by atoms with E-state index in [0.717, 1.165) is 50.1 Å². The number of rotatable bonds is 4. The van der Waals surface area contributed by atoms with Crippen LogP contribution in [0.3, 0.4) is 0 Å². The van der Waals surface area contributed by atoms with Crippen LogP contribution in [0.1, 0.15) is 36.4 Å². The van der Waals surface area contributed by atoms with Gasteiger partial charge in [-0.25, -0.2) is 4.79 Å². The number of amides is 3. The number of carbonyl (C=O) groups is 2. The summed E-state index contributed by atoms with van der Waals surface area (Å²) in [6.07, 6.45) is 2.37. The molecule has 1 aromatic carbocycles. The molecule has 25 heavy (non-hydrogen) atoms. The lowest BCUT2D eigenvalue weighted by Gasteiger charge is -2.25. The molecule has 0 aliphatic carbocycles. The van der Waals surface area contributed by atoms with E-state index in [2.05, 4.69) is 10.6 Å². The number of hydrogen-bond acceptors (Lipinski definition) is 3. The van der Waals surface area contributed by atoms with Gasteiger partial charge in [-0.15, -0.1) is 0 Å². The Morgan fingerprint density at radius 2 is 1.88 bits per heavy atom. The predicted molar refractivity (Wildman–Crippen MR) is 96.9 cm³/mol. The maximum Gasteiger partial charge on any atom is 0.312 e. The molecule has 0 saturated carbocycles. The second-order valence-corrected chi connectivity index (χ2v) is 7.26. The first-order valence-electron chi connectivity index (χ1n) is 9.14. The van der Waals surface area contributed by atoms with Crippen LogP contribution in [-0.2, 0) is 4.79 Å². The zero-order valence-electron chi connectivity index (χ0n) is 14.8. The minimum absolute atomic E-state index is 0.0925. The second-order valence-electron chi connectivity index (χ2n) is 7.26. The maximum atomic E-state index is 12.9. The molecule has 136 valence electrons. The summed E-state index contributed by atoms with van der Waals surface area (Å²) in [5, 5.41) is 6.20. The number of nitrogens with two attached hydrogens (primary N) is 1. The number of fused-ring (bicyclic) bond motifs is 1. The van der Waals surface area contributed by atoms with Crippen molar-refractivity contribution in [2.24, 2.45) is 17.6 Å². The Labute approximate surface area is 149 Å². The molecule has 6 nitrogen and oxygen atoms in total. The van der Waals surface area contributed by atoms with E-state index >= 15 is 0 Å². The van der Waals surface area contributed by atoms with Crippen molar-refractivity contribution in [2.75, 3.05) is 26.2 Å². The number of benzene rings is 1. The van der Waals surface area contributed by atoms with E-state index < -0.39 is 6.03 Å². The number of urea groups is 1. The van der Waals surface area contributed by atoms with Crippen molar-refractivity contribution in [1.29, 1.82) is 0 Å². The van der Waals surface area contributed by atoms with E-state index in [4.69, 9.17) is 5.73 Å². The van der Waals surface area contributed by atoms with Gasteiger partial charge in [-0.1, -0.05) is 24.3 Å². The molecule has 3 rings (SSSR count). The van der Waals surface area contributed by atoms with Crippen LogP contribution in [0.5, 0.6) is 0 Å². The number of likely N-dealkylation sites (tertiary alicyclic amines) is 1. The van der Waals surface area contributed by atoms with Gasteiger partial charge in [0.1, 0.15) is 0 Å². The molecule has 3 atom stereocenters. The number of carbonyl (C=O) groups excluding carboxylic acids is 2. The monoisotopic (exact) mass is 344 g/mol. The molecule has 2 aliphatic rings. The Hall–Kier alpha value is -2.08. The largest absolute Gasteiger partial charge is 0.352 e. The highest BCUT2D eigenvalue weighted by Crippen LogP contribution is 2.28. The van der Waals surface area contributed by atoms with E-state index in [0.29, 0.717) is 11.8 Å². The van der Waals surface area contributed by atoms with Crippen LogP contribution in [0.2, 0.25) is 0 Å². The van der Waals surface area contributed by atoms with E-state index in [9.17, 15) is 9.59 Å². The van der Waals surface area contributed by atoms with Crippen LogP contribution in [0, 0.1) is 18.8 Å². The third-order valence-corrected chi connectivity index (χ3v) is 5.63. The smallest absolute Gasteiger partial charge is 0.312 e.